The van der Waals surface area contributed by atoms with Crippen molar-refractivity contribution >= 4 is 5.78 Å². The van der Waals surface area contributed by atoms with Gasteiger partial charge in [0.1, 0.15) is 5.78 Å². The summed E-state index contributed by atoms with van der Waals surface area (Å²) in [5.41, 5.74) is 0.387. The Kier molecular flexibility index (Phi) is 3.42. The fourth-order valence-corrected chi connectivity index (χ4v) is 3.02. The van der Waals surface area contributed by atoms with Crippen molar-refractivity contribution in [2.45, 2.75) is 65.7 Å². The first kappa shape index (κ1) is 12.1. The topological polar surface area (TPSA) is 17.1 Å². The molecule has 2 rings (SSSR count). The number of carbonyl (C=O) groups excluding carboxylic acids is 1. The standard InChI is InChI=1S/C15H26O/c1-15(2,3)13-8-9-14(16)12(10-13)7-6-11-4-5-11/h11-13H,4-10H2,1-3H3. The van der Waals surface area contributed by atoms with Crippen LogP contribution in [0.4, 0.5) is 0 Å². The van der Waals surface area contributed by atoms with Crippen LogP contribution in [0.15, 0.2) is 0 Å². The Morgan fingerprint density at radius 2 is 1.81 bits per heavy atom. The van der Waals surface area contributed by atoms with Gasteiger partial charge in [0.05, 0.1) is 0 Å². The first-order valence-electron chi connectivity index (χ1n) is 6.99. The van der Waals surface area contributed by atoms with Crippen LogP contribution in [-0.4, -0.2) is 5.78 Å². The molecular formula is C15H26O. The number of hydrogen-bond acceptors (Lipinski definition) is 1. The Hall–Kier alpha value is -0.330. The predicted octanol–water partition coefficient (Wildman–Crippen LogP) is 4.21. The van der Waals surface area contributed by atoms with Crippen LogP contribution in [0.5, 0.6) is 0 Å². The largest absolute Gasteiger partial charge is 0.299 e. The van der Waals surface area contributed by atoms with Crippen LogP contribution in [0.1, 0.15) is 65.7 Å². The summed E-state index contributed by atoms with van der Waals surface area (Å²) in [6.07, 6.45) is 8.46. The van der Waals surface area contributed by atoms with Crippen molar-refractivity contribution in [1.29, 1.82) is 0 Å². The minimum absolute atomic E-state index is 0.387. The lowest BCUT2D eigenvalue weighted by atomic mass is 9.68. The van der Waals surface area contributed by atoms with E-state index in [4.69, 9.17) is 0 Å². The third-order valence-electron chi connectivity index (χ3n) is 4.61. The van der Waals surface area contributed by atoms with E-state index in [1.807, 2.05) is 0 Å². The van der Waals surface area contributed by atoms with Gasteiger partial charge in [-0.25, -0.2) is 0 Å². The minimum Gasteiger partial charge on any atom is -0.299 e. The number of hydrogen-bond donors (Lipinski definition) is 0. The zero-order valence-electron chi connectivity index (χ0n) is 11.1. The van der Waals surface area contributed by atoms with E-state index in [-0.39, 0.29) is 0 Å². The van der Waals surface area contributed by atoms with Gasteiger partial charge in [-0.2, -0.15) is 0 Å². The molecule has 1 nitrogen and oxygen atoms in total. The Bertz CT molecular complexity index is 257. The second-order valence-corrected chi connectivity index (χ2v) is 7.02. The van der Waals surface area contributed by atoms with Gasteiger partial charge >= 0.3 is 0 Å². The van der Waals surface area contributed by atoms with Crippen molar-refractivity contribution in [2.24, 2.45) is 23.2 Å². The zero-order chi connectivity index (χ0) is 11.8. The first-order valence-corrected chi connectivity index (χ1v) is 6.99. The van der Waals surface area contributed by atoms with Crippen molar-refractivity contribution in [3.63, 3.8) is 0 Å². The molecule has 0 N–H and O–H groups in total. The third kappa shape index (κ3) is 3.09. The number of carbonyl (C=O) groups is 1. The molecule has 2 aliphatic carbocycles. The third-order valence-corrected chi connectivity index (χ3v) is 4.61. The molecule has 1 heteroatoms. The van der Waals surface area contributed by atoms with Gasteiger partial charge in [-0.1, -0.05) is 33.6 Å². The van der Waals surface area contributed by atoms with Gasteiger partial charge in [-0.05, 0) is 42.9 Å². The molecule has 0 amide bonds. The molecule has 2 saturated carbocycles. The van der Waals surface area contributed by atoms with Gasteiger partial charge in [0.2, 0.25) is 0 Å². The van der Waals surface area contributed by atoms with Gasteiger partial charge < -0.3 is 0 Å². The lowest BCUT2D eigenvalue weighted by molar-refractivity contribution is -0.126. The van der Waals surface area contributed by atoms with Crippen molar-refractivity contribution < 1.29 is 4.79 Å². The van der Waals surface area contributed by atoms with Crippen LogP contribution in [0, 0.1) is 23.2 Å². The first-order chi connectivity index (χ1) is 7.47. The van der Waals surface area contributed by atoms with Gasteiger partial charge in [-0.3, -0.25) is 4.79 Å². The van der Waals surface area contributed by atoms with Gasteiger partial charge in [0.25, 0.3) is 0 Å². The zero-order valence-corrected chi connectivity index (χ0v) is 11.1. The summed E-state index contributed by atoms with van der Waals surface area (Å²) < 4.78 is 0. The van der Waals surface area contributed by atoms with E-state index in [9.17, 15) is 4.79 Å². The van der Waals surface area contributed by atoms with E-state index in [1.54, 1.807) is 0 Å². The Morgan fingerprint density at radius 3 is 2.38 bits per heavy atom. The van der Waals surface area contributed by atoms with E-state index in [1.165, 1.54) is 25.7 Å². The average Bonchev–Trinajstić information content (AvgIpc) is 2.98. The number of ketones is 1. The summed E-state index contributed by atoms with van der Waals surface area (Å²) in [5.74, 6) is 2.69. The molecule has 0 aromatic heterocycles. The molecule has 92 valence electrons. The fraction of sp³-hybridized carbons (Fsp3) is 0.933. The second kappa shape index (κ2) is 4.50. The van der Waals surface area contributed by atoms with Crippen LogP contribution < -0.4 is 0 Å². The summed E-state index contributed by atoms with van der Waals surface area (Å²) in [6, 6.07) is 0. The molecule has 0 aromatic rings. The molecule has 0 bridgehead atoms. The van der Waals surface area contributed by atoms with Crippen LogP contribution in [0.3, 0.4) is 0 Å². The highest BCUT2D eigenvalue weighted by atomic mass is 16.1. The molecule has 0 saturated heterocycles. The van der Waals surface area contributed by atoms with Crippen molar-refractivity contribution in [2.75, 3.05) is 0 Å². The van der Waals surface area contributed by atoms with Crippen LogP contribution in [-0.2, 0) is 4.79 Å². The maximum Gasteiger partial charge on any atom is 0.135 e. The second-order valence-electron chi connectivity index (χ2n) is 7.02. The summed E-state index contributed by atoms with van der Waals surface area (Å²) in [7, 11) is 0. The van der Waals surface area contributed by atoms with Crippen molar-refractivity contribution in [1.82, 2.24) is 0 Å². The van der Waals surface area contributed by atoms with E-state index in [0.717, 1.165) is 31.1 Å². The van der Waals surface area contributed by atoms with Crippen LogP contribution in [0.25, 0.3) is 0 Å². The molecule has 16 heavy (non-hydrogen) atoms. The van der Waals surface area contributed by atoms with E-state index in [2.05, 4.69) is 20.8 Å². The van der Waals surface area contributed by atoms with Gasteiger partial charge in [0.15, 0.2) is 0 Å². The number of Topliss-reactive ketones (excluding diaryl/α,β-unsaturated/α-hetero) is 1. The van der Waals surface area contributed by atoms with Crippen molar-refractivity contribution in [3.05, 3.63) is 0 Å². The van der Waals surface area contributed by atoms with E-state index in [0.29, 0.717) is 17.1 Å². The molecule has 0 heterocycles. The fourth-order valence-electron chi connectivity index (χ4n) is 3.02. The molecule has 0 aliphatic heterocycles. The average molecular weight is 222 g/mol. The SMILES string of the molecule is CC(C)(C)C1CCC(=O)C(CCC2CC2)C1. The summed E-state index contributed by atoms with van der Waals surface area (Å²) >= 11 is 0. The highest BCUT2D eigenvalue weighted by molar-refractivity contribution is 5.81. The predicted molar refractivity (Wildman–Crippen MR) is 67.3 cm³/mol. The lowest BCUT2D eigenvalue weighted by Crippen LogP contribution is -2.32. The molecule has 2 unspecified atom stereocenters. The molecule has 2 fully saturated rings. The minimum atomic E-state index is 0.387. The molecule has 0 spiro atoms. The Morgan fingerprint density at radius 1 is 1.12 bits per heavy atom. The quantitative estimate of drug-likeness (QED) is 0.699. The monoisotopic (exact) mass is 222 g/mol. The van der Waals surface area contributed by atoms with Crippen molar-refractivity contribution in [3.8, 4) is 0 Å². The highest BCUT2D eigenvalue weighted by Crippen LogP contribution is 2.42. The summed E-state index contributed by atoms with van der Waals surface area (Å²) in [5, 5.41) is 0. The maximum absolute atomic E-state index is 11.9. The molecule has 2 aliphatic rings. The van der Waals surface area contributed by atoms with Gasteiger partial charge in [0, 0.05) is 12.3 Å². The summed E-state index contributed by atoms with van der Waals surface area (Å²) in [4.78, 5) is 11.9. The maximum atomic E-state index is 11.9. The molecular weight excluding hydrogens is 196 g/mol. The molecule has 0 radical (unpaired) electrons. The van der Waals surface area contributed by atoms with E-state index < -0.39 is 0 Å². The molecule has 2 atom stereocenters. The normalized spacial score (nSPS) is 31.8. The Balaban J connectivity index is 1.86. The highest BCUT2D eigenvalue weighted by Gasteiger charge is 2.35. The van der Waals surface area contributed by atoms with Crippen LogP contribution >= 0.6 is 0 Å². The number of rotatable bonds is 3. The van der Waals surface area contributed by atoms with Gasteiger partial charge in [-0.15, -0.1) is 0 Å². The Labute approximate surface area is 100.0 Å². The van der Waals surface area contributed by atoms with Crippen LogP contribution in [0.2, 0.25) is 0 Å². The summed E-state index contributed by atoms with van der Waals surface area (Å²) in [6.45, 7) is 6.97. The van der Waals surface area contributed by atoms with E-state index >= 15 is 0 Å². The smallest absolute Gasteiger partial charge is 0.135 e. The molecule has 0 aromatic carbocycles. The lowest BCUT2D eigenvalue weighted by Gasteiger charge is -2.37.